The molecule has 0 spiro atoms. The highest BCUT2D eigenvalue weighted by molar-refractivity contribution is 5.76. The van der Waals surface area contributed by atoms with Gasteiger partial charge in [0.15, 0.2) is 0 Å². The molecule has 1 atom stereocenters. The minimum absolute atomic E-state index is 0.218. The molecule has 0 aromatic heterocycles. The molecule has 0 fully saturated rings. The van der Waals surface area contributed by atoms with E-state index in [4.69, 9.17) is 4.74 Å². The van der Waals surface area contributed by atoms with E-state index in [0.29, 0.717) is 19.6 Å². The third-order valence-electron chi connectivity index (χ3n) is 3.38. The predicted molar refractivity (Wildman–Crippen MR) is 77.9 cm³/mol. The van der Waals surface area contributed by atoms with Crippen molar-refractivity contribution in [3.8, 4) is 0 Å². The fraction of sp³-hybridized carbons (Fsp3) is 0.562. The molecule has 0 saturated carbocycles. The quantitative estimate of drug-likeness (QED) is 0.674. The van der Waals surface area contributed by atoms with Crippen LogP contribution in [0.5, 0.6) is 0 Å². The molecule has 3 nitrogen and oxygen atoms in total. The highest BCUT2D eigenvalue weighted by atomic mass is 16.5. The smallest absolute Gasteiger partial charge is 0.223 e. The zero-order chi connectivity index (χ0) is 14.1. The van der Waals surface area contributed by atoms with Crippen molar-refractivity contribution >= 4 is 5.91 Å². The number of hydrogen-bond donors (Lipinski definition) is 0. The van der Waals surface area contributed by atoms with Crippen LogP contribution in [-0.4, -0.2) is 30.6 Å². The van der Waals surface area contributed by atoms with E-state index < -0.39 is 0 Å². The number of carbonyl (C=O) groups is 1. The van der Waals surface area contributed by atoms with Gasteiger partial charge in [-0.25, -0.2) is 0 Å². The maximum Gasteiger partial charge on any atom is 0.223 e. The van der Waals surface area contributed by atoms with Crippen LogP contribution in [-0.2, 0) is 16.1 Å². The molecule has 19 heavy (non-hydrogen) atoms. The maximum atomic E-state index is 12.3. The lowest BCUT2D eigenvalue weighted by Gasteiger charge is -2.29. The topological polar surface area (TPSA) is 29.5 Å². The third kappa shape index (κ3) is 5.43. The van der Waals surface area contributed by atoms with Crippen LogP contribution in [0.1, 0.15) is 38.7 Å². The van der Waals surface area contributed by atoms with Gasteiger partial charge in [-0.1, -0.05) is 37.3 Å². The number of rotatable bonds is 8. The lowest BCUT2D eigenvalue weighted by molar-refractivity contribution is -0.134. The average molecular weight is 263 g/mol. The van der Waals surface area contributed by atoms with Crippen LogP contribution in [0.2, 0.25) is 0 Å². The summed E-state index contributed by atoms with van der Waals surface area (Å²) in [5, 5.41) is 0. The lowest BCUT2D eigenvalue weighted by Crippen LogP contribution is -2.37. The normalized spacial score (nSPS) is 12.2. The lowest BCUT2D eigenvalue weighted by atomic mass is 10.1. The molecule has 1 aromatic rings. The van der Waals surface area contributed by atoms with Gasteiger partial charge in [-0.2, -0.15) is 0 Å². The second-order valence-electron chi connectivity index (χ2n) is 4.86. The second-order valence-corrected chi connectivity index (χ2v) is 4.86. The molecule has 0 bridgehead atoms. The summed E-state index contributed by atoms with van der Waals surface area (Å²) in [6.45, 7) is 5.56. The van der Waals surface area contributed by atoms with Crippen LogP contribution in [0.25, 0.3) is 0 Å². The van der Waals surface area contributed by atoms with E-state index in [9.17, 15) is 4.79 Å². The Hall–Kier alpha value is -1.35. The Bertz CT molecular complexity index is 364. The molecule has 1 unspecified atom stereocenters. The maximum absolute atomic E-state index is 12.3. The molecule has 3 heteroatoms. The molecule has 0 heterocycles. The zero-order valence-corrected chi connectivity index (χ0v) is 12.3. The Labute approximate surface area is 116 Å². The summed E-state index contributed by atoms with van der Waals surface area (Å²) >= 11 is 0. The number of methoxy groups -OCH3 is 1. The van der Waals surface area contributed by atoms with Crippen molar-refractivity contribution in [2.75, 3.05) is 13.7 Å². The number of amides is 1. The molecule has 0 aliphatic carbocycles. The van der Waals surface area contributed by atoms with E-state index in [1.165, 1.54) is 5.56 Å². The van der Waals surface area contributed by atoms with Gasteiger partial charge in [-0.3, -0.25) is 4.79 Å². The van der Waals surface area contributed by atoms with Gasteiger partial charge in [0.05, 0.1) is 0 Å². The Morgan fingerprint density at radius 2 is 2.00 bits per heavy atom. The first-order valence-electron chi connectivity index (χ1n) is 7.01. The van der Waals surface area contributed by atoms with Crippen LogP contribution >= 0.6 is 0 Å². The summed E-state index contributed by atoms with van der Waals surface area (Å²) in [6.07, 6.45) is 2.32. The molecule has 0 aliphatic heterocycles. The van der Waals surface area contributed by atoms with Gasteiger partial charge in [0.25, 0.3) is 0 Å². The van der Waals surface area contributed by atoms with Gasteiger partial charge in [0.2, 0.25) is 5.91 Å². The van der Waals surface area contributed by atoms with Crippen molar-refractivity contribution in [1.29, 1.82) is 0 Å². The zero-order valence-electron chi connectivity index (χ0n) is 12.3. The average Bonchev–Trinajstić information content (AvgIpc) is 2.45. The fourth-order valence-electron chi connectivity index (χ4n) is 2.00. The molecule has 1 rings (SSSR count). The molecule has 1 aromatic carbocycles. The standard InChI is InChI=1S/C16H25NO2/c1-4-14(2)17(16(18)11-8-12-19-3)13-15-9-6-5-7-10-15/h5-7,9-10,14H,4,8,11-13H2,1-3H3. The SMILES string of the molecule is CCC(C)N(Cc1ccccc1)C(=O)CCCOC. The number of carbonyl (C=O) groups excluding carboxylic acids is 1. The minimum atomic E-state index is 0.218. The molecule has 0 radical (unpaired) electrons. The molecule has 1 amide bonds. The van der Waals surface area contributed by atoms with E-state index in [2.05, 4.69) is 26.0 Å². The van der Waals surface area contributed by atoms with E-state index in [1.54, 1.807) is 7.11 Å². The minimum Gasteiger partial charge on any atom is -0.385 e. The highest BCUT2D eigenvalue weighted by Crippen LogP contribution is 2.13. The van der Waals surface area contributed by atoms with E-state index in [0.717, 1.165) is 12.8 Å². The summed E-state index contributed by atoms with van der Waals surface area (Å²) in [5.41, 5.74) is 1.18. The van der Waals surface area contributed by atoms with E-state index in [1.807, 2.05) is 23.1 Å². The summed E-state index contributed by atoms with van der Waals surface area (Å²) in [7, 11) is 1.67. The third-order valence-corrected chi connectivity index (χ3v) is 3.38. The number of ether oxygens (including phenoxy) is 1. The fourth-order valence-corrected chi connectivity index (χ4v) is 2.00. The summed E-state index contributed by atoms with van der Waals surface area (Å²) in [4.78, 5) is 14.3. The molecule has 0 saturated heterocycles. The Morgan fingerprint density at radius 1 is 1.32 bits per heavy atom. The van der Waals surface area contributed by atoms with Crippen LogP contribution in [0.4, 0.5) is 0 Å². The predicted octanol–water partition coefficient (Wildman–Crippen LogP) is 3.24. The van der Waals surface area contributed by atoms with Gasteiger partial charge in [-0.15, -0.1) is 0 Å². The molecule has 106 valence electrons. The van der Waals surface area contributed by atoms with Gasteiger partial charge >= 0.3 is 0 Å². The Kier molecular flexibility index (Phi) is 7.19. The summed E-state index contributed by atoms with van der Waals surface area (Å²) in [5.74, 6) is 0.218. The number of nitrogens with zero attached hydrogens (tertiary/aromatic N) is 1. The van der Waals surface area contributed by atoms with Crippen molar-refractivity contribution in [3.05, 3.63) is 35.9 Å². The van der Waals surface area contributed by atoms with Gasteiger partial charge in [0, 0.05) is 32.7 Å². The summed E-state index contributed by atoms with van der Waals surface area (Å²) in [6, 6.07) is 10.4. The molecule has 0 aliphatic rings. The largest absolute Gasteiger partial charge is 0.385 e. The van der Waals surface area contributed by atoms with Gasteiger partial charge < -0.3 is 9.64 Å². The van der Waals surface area contributed by atoms with Crippen molar-refractivity contribution < 1.29 is 9.53 Å². The van der Waals surface area contributed by atoms with Crippen molar-refractivity contribution in [2.24, 2.45) is 0 Å². The molecular weight excluding hydrogens is 238 g/mol. The molecule has 0 N–H and O–H groups in total. The van der Waals surface area contributed by atoms with Gasteiger partial charge in [-0.05, 0) is 25.3 Å². The van der Waals surface area contributed by atoms with Crippen LogP contribution in [0.3, 0.4) is 0 Å². The van der Waals surface area contributed by atoms with Crippen LogP contribution in [0.15, 0.2) is 30.3 Å². The summed E-state index contributed by atoms with van der Waals surface area (Å²) < 4.78 is 5.01. The van der Waals surface area contributed by atoms with E-state index >= 15 is 0 Å². The second kappa shape index (κ2) is 8.70. The Morgan fingerprint density at radius 3 is 2.58 bits per heavy atom. The number of hydrogen-bond acceptors (Lipinski definition) is 2. The van der Waals surface area contributed by atoms with Crippen LogP contribution in [0, 0.1) is 0 Å². The van der Waals surface area contributed by atoms with Crippen molar-refractivity contribution in [3.63, 3.8) is 0 Å². The van der Waals surface area contributed by atoms with Crippen molar-refractivity contribution in [2.45, 2.75) is 45.7 Å². The van der Waals surface area contributed by atoms with Gasteiger partial charge in [0.1, 0.15) is 0 Å². The highest BCUT2D eigenvalue weighted by Gasteiger charge is 2.18. The monoisotopic (exact) mass is 263 g/mol. The first-order chi connectivity index (χ1) is 9.19. The van der Waals surface area contributed by atoms with E-state index in [-0.39, 0.29) is 11.9 Å². The number of benzene rings is 1. The van der Waals surface area contributed by atoms with Crippen molar-refractivity contribution in [1.82, 2.24) is 4.90 Å². The first kappa shape index (κ1) is 15.7. The first-order valence-corrected chi connectivity index (χ1v) is 7.01. The van der Waals surface area contributed by atoms with Crippen LogP contribution < -0.4 is 0 Å². The molecular formula is C16H25NO2. The Balaban J connectivity index is 2.64.